The fourth-order valence-electron chi connectivity index (χ4n) is 3.39. The zero-order chi connectivity index (χ0) is 16.0. The Kier molecular flexibility index (Phi) is 7.08. The Balaban J connectivity index is 1.52. The molecule has 22 heavy (non-hydrogen) atoms. The van der Waals surface area contributed by atoms with Crippen molar-refractivity contribution in [1.82, 2.24) is 14.7 Å². The third kappa shape index (κ3) is 6.50. The first kappa shape index (κ1) is 18.1. The van der Waals surface area contributed by atoms with Crippen molar-refractivity contribution in [2.75, 3.05) is 58.8 Å². The van der Waals surface area contributed by atoms with E-state index in [4.69, 9.17) is 4.18 Å². The maximum Gasteiger partial charge on any atom is 0.264 e. The molecule has 2 aliphatic rings. The van der Waals surface area contributed by atoms with Gasteiger partial charge >= 0.3 is 0 Å². The second-order valence-electron chi connectivity index (χ2n) is 6.64. The summed E-state index contributed by atoms with van der Waals surface area (Å²) in [5.74, 6) is 0. The second-order valence-corrected chi connectivity index (χ2v) is 8.28. The molecule has 0 amide bonds. The zero-order valence-electron chi connectivity index (χ0n) is 14.0. The fraction of sp³-hybridized carbons (Fsp3) is 1.00. The lowest BCUT2D eigenvalue weighted by Crippen LogP contribution is -2.32. The molecular weight excluding hydrogens is 302 g/mol. The van der Waals surface area contributed by atoms with Gasteiger partial charge in [-0.15, -0.1) is 0 Å². The van der Waals surface area contributed by atoms with Crippen molar-refractivity contribution in [2.45, 2.75) is 38.6 Å². The van der Waals surface area contributed by atoms with Gasteiger partial charge in [0.05, 0.1) is 19.5 Å². The molecule has 6 nitrogen and oxygen atoms in total. The van der Waals surface area contributed by atoms with Gasteiger partial charge in [0.2, 0.25) is 0 Å². The van der Waals surface area contributed by atoms with E-state index in [0.717, 1.165) is 45.0 Å². The Labute approximate surface area is 135 Å². The summed E-state index contributed by atoms with van der Waals surface area (Å²) in [6, 6.07) is 0.768. The Hall–Kier alpha value is -0.210. The number of hydrogen-bond acceptors (Lipinski definition) is 6. The highest BCUT2D eigenvalue weighted by atomic mass is 32.2. The van der Waals surface area contributed by atoms with Gasteiger partial charge in [-0.25, -0.2) is 0 Å². The van der Waals surface area contributed by atoms with Crippen molar-refractivity contribution >= 4 is 10.1 Å². The summed E-state index contributed by atoms with van der Waals surface area (Å²) in [5, 5.41) is 0. The van der Waals surface area contributed by atoms with Gasteiger partial charge in [-0.05, 0) is 45.7 Å². The standard InChI is InChI=1S/C15H31N3O3S/c1-15-6-3-9-18(15)10-4-7-16-11-12-17(14-16)8-5-13-21-22(2,19)20/h15H,3-14H2,1-2H3. The fourth-order valence-corrected chi connectivity index (χ4v) is 3.81. The van der Waals surface area contributed by atoms with E-state index in [1.807, 2.05) is 0 Å². The summed E-state index contributed by atoms with van der Waals surface area (Å²) in [6.07, 6.45) is 5.83. The molecule has 2 aliphatic heterocycles. The first-order chi connectivity index (χ1) is 10.4. The van der Waals surface area contributed by atoms with Crippen LogP contribution >= 0.6 is 0 Å². The van der Waals surface area contributed by atoms with E-state index in [1.165, 1.54) is 38.9 Å². The summed E-state index contributed by atoms with van der Waals surface area (Å²) in [4.78, 5) is 7.48. The molecule has 0 aromatic rings. The van der Waals surface area contributed by atoms with Crippen molar-refractivity contribution < 1.29 is 12.6 Å². The van der Waals surface area contributed by atoms with Crippen molar-refractivity contribution in [3.8, 4) is 0 Å². The van der Waals surface area contributed by atoms with Crippen LogP contribution in [0.4, 0.5) is 0 Å². The predicted molar refractivity (Wildman–Crippen MR) is 88.3 cm³/mol. The summed E-state index contributed by atoms with van der Waals surface area (Å²) in [7, 11) is -3.29. The molecule has 1 atom stereocenters. The van der Waals surface area contributed by atoms with Crippen LogP contribution in [0.15, 0.2) is 0 Å². The van der Waals surface area contributed by atoms with Crippen molar-refractivity contribution in [2.24, 2.45) is 0 Å². The molecule has 0 saturated carbocycles. The molecule has 0 radical (unpaired) electrons. The summed E-state index contributed by atoms with van der Waals surface area (Å²) in [5.41, 5.74) is 0. The molecule has 0 bridgehead atoms. The number of hydrogen-bond donors (Lipinski definition) is 0. The first-order valence-corrected chi connectivity index (χ1v) is 10.3. The van der Waals surface area contributed by atoms with Gasteiger partial charge in [0.25, 0.3) is 10.1 Å². The molecule has 7 heteroatoms. The van der Waals surface area contributed by atoms with Gasteiger partial charge in [-0.1, -0.05) is 0 Å². The van der Waals surface area contributed by atoms with E-state index in [1.54, 1.807) is 0 Å². The van der Waals surface area contributed by atoms with E-state index in [0.29, 0.717) is 6.61 Å². The molecule has 2 heterocycles. The van der Waals surface area contributed by atoms with Crippen LogP contribution in [0, 0.1) is 0 Å². The van der Waals surface area contributed by atoms with Crippen LogP contribution in [-0.4, -0.2) is 88.0 Å². The maximum atomic E-state index is 10.9. The lowest BCUT2D eigenvalue weighted by Gasteiger charge is -2.23. The average molecular weight is 333 g/mol. The van der Waals surface area contributed by atoms with E-state index < -0.39 is 10.1 Å². The smallest absolute Gasteiger partial charge is 0.264 e. The normalized spacial score (nSPS) is 25.3. The Morgan fingerprint density at radius 2 is 1.73 bits per heavy atom. The molecule has 0 N–H and O–H groups in total. The number of likely N-dealkylation sites (tertiary alicyclic amines) is 1. The van der Waals surface area contributed by atoms with Gasteiger partial charge in [-0.2, -0.15) is 8.42 Å². The van der Waals surface area contributed by atoms with E-state index in [-0.39, 0.29) is 0 Å². The number of rotatable bonds is 9. The molecule has 1 unspecified atom stereocenters. The van der Waals surface area contributed by atoms with Gasteiger partial charge in [0.15, 0.2) is 0 Å². The lowest BCUT2D eigenvalue weighted by atomic mass is 10.2. The van der Waals surface area contributed by atoms with Crippen LogP contribution in [0.25, 0.3) is 0 Å². The molecule has 0 aliphatic carbocycles. The lowest BCUT2D eigenvalue weighted by molar-refractivity contribution is 0.208. The molecule has 0 aromatic carbocycles. The molecular formula is C15H31N3O3S. The van der Waals surface area contributed by atoms with Gasteiger partial charge in [-0.3, -0.25) is 14.0 Å². The molecule has 130 valence electrons. The highest BCUT2D eigenvalue weighted by molar-refractivity contribution is 7.85. The zero-order valence-corrected chi connectivity index (χ0v) is 14.9. The minimum Gasteiger partial charge on any atom is -0.301 e. The topological polar surface area (TPSA) is 53.1 Å². The molecule has 2 fully saturated rings. The van der Waals surface area contributed by atoms with Crippen molar-refractivity contribution in [3.63, 3.8) is 0 Å². The Bertz CT molecular complexity index is 430. The summed E-state index contributed by atoms with van der Waals surface area (Å²) in [6.45, 7) is 10.4. The highest BCUT2D eigenvalue weighted by Gasteiger charge is 2.22. The average Bonchev–Trinajstić information content (AvgIpc) is 3.04. The monoisotopic (exact) mass is 333 g/mol. The van der Waals surface area contributed by atoms with E-state index in [9.17, 15) is 8.42 Å². The Morgan fingerprint density at radius 1 is 1.05 bits per heavy atom. The molecule has 0 spiro atoms. The largest absolute Gasteiger partial charge is 0.301 e. The van der Waals surface area contributed by atoms with Gasteiger partial charge in [0, 0.05) is 32.2 Å². The van der Waals surface area contributed by atoms with E-state index >= 15 is 0 Å². The van der Waals surface area contributed by atoms with Crippen LogP contribution in [-0.2, 0) is 14.3 Å². The van der Waals surface area contributed by atoms with Crippen LogP contribution in [0.5, 0.6) is 0 Å². The van der Waals surface area contributed by atoms with Crippen molar-refractivity contribution in [1.29, 1.82) is 0 Å². The maximum absolute atomic E-state index is 10.9. The minimum absolute atomic E-state index is 0.294. The van der Waals surface area contributed by atoms with Crippen LogP contribution in [0.3, 0.4) is 0 Å². The highest BCUT2D eigenvalue weighted by Crippen LogP contribution is 2.16. The van der Waals surface area contributed by atoms with E-state index in [2.05, 4.69) is 21.6 Å². The predicted octanol–water partition coefficient (Wildman–Crippen LogP) is 0.802. The molecule has 2 rings (SSSR count). The van der Waals surface area contributed by atoms with Crippen LogP contribution in [0.1, 0.15) is 32.6 Å². The van der Waals surface area contributed by atoms with Gasteiger partial charge in [0.1, 0.15) is 0 Å². The summed E-state index contributed by atoms with van der Waals surface area (Å²) >= 11 is 0. The number of nitrogens with zero attached hydrogens (tertiary/aromatic N) is 3. The molecule has 0 aromatic heterocycles. The third-order valence-electron chi connectivity index (χ3n) is 4.66. The van der Waals surface area contributed by atoms with Crippen LogP contribution in [0.2, 0.25) is 0 Å². The SMILES string of the molecule is CC1CCCN1CCCN1CCN(CCCOS(C)(=O)=O)C1. The van der Waals surface area contributed by atoms with Crippen LogP contribution < -0.4 is 0 Å². The first-order valence-electron chi connectivity index (χ1n) is 8.47. The Morgan fingerprint density at radius 3 is 2.32 bits per heavy atom. The minimum atomic E-state index is -3.29. The summed E-state index contributed by atoms with van der Waals surface area (Å²) < 4.78 is 26.5. The van der Waals surface area contributed by atoms with Crippen molar-refractivity contribution in [3.05, 3.63) is 0 Å². The van der Waals surface area contributed by atoms with Gasteiger partial charge < -0.3 is 4.90 Å². The second kappa shape index (κ2) is 8.59. The molecule has 2 saturated heterocycles. The third-order valence-corrected chi connectivity index (χ3v) is 5.25. The quantitative estimate of drug-likeness (QED) is 0.460.